The van der Waals surface area contributed by atoms with Crippen LogP contribution in [0.2, 0.25) is 0 Å². The summed E-state index contributed by atoms with van der Waals surface area (Å²) in [6, 6.07) is 7.21. The number of amides is 3. The van der Waals surface area contributed by atoms with E-state index in [2.05, 4.69) is 35.1 Å². The Morgan fingerprint density at radius 2 is 1.90 bits per heavy atom. The molecule has 2 atom stereocenters. The molecule has 29 heavy (non-hydrogen) atoms. The van der Waals surface area contributed by atoms with Crippen molar-refractivity contribution in [1.29, 1.82) is 0 Å². The first-order valence-electron chi connectivity index (χ1n) is 10.5. The van der Waals surface area contributed by atoms with Gasteiger partial charge in [-0.2, -0.15) is 0 Å². The predicted molar refractivity (Wildman–Crippen MR) is 120 cm³/mol. The van der Waals surface area contributed by atoms with E-state index >= 15 is 0 Å². The summed E-state index contributed by atoms with van der Waals surface area (Å²) in [6.45, 7) is 9.37. The Labute approximate surface area is 181 Å². The number of benzene rings is 1. The second-order valence-corrected chi connectivity index (χ2v) is 8.29. The molecule has 0 saturated carbocycles. The maximum atomic E-state index is 12.6. The van der Waals surface area contributed by atoms with Gasteiger partial charge >= 0.3 is 6.03 Å². The van der Waals surface area contributed by atoms with Gasteiger partial charge in [0.2, 0.25) is 5.91 Å². The van der Waals surface area contributed by atoms with Crippen molar-refractivity contribution in [3.63, 3.8) is 0 Å². The Bertz CT molecular complexity index is 616. The third kappa shape index (κ3) is 9.99. The van der Waals surface area contributed by atoms with Crippen LogP contribution in [0.15, 0.2) is 24.3 Å². The summed E-state index contributed by atoms with van der Waals surface area (Å²) in [6.07, 6.45) is 4.02. The van der Waals surface area contributed by atoms with Crippen LogP contribution in [0.4, 0.5) is 4.79 Å². The molecule has 0 aliphatic carbocycles. The number of aryl methyl sites for hydroxylation is 1. The lowest BCUT2D eigenvalue weighted by Gasteiger charge is -2.24. The largest absolute Gasteiger partial charge is 0.354 e. The smallest absolute Gasteiger partial charge is 0.315 e. The molecule has 1 aliphatic rings. The second-order valence-electron chi connectivity index (χ2n) is 8.29. The zero-order valence-electron chi connectivity index (χ0n) is 17.9. The number of rotatable bonds is 9. The van der Waals surface area contributed by atoms with Crippen LogP contribution in [0.5, 0.6) is 0 Å². The molecule has 4 N–H and O–H groups in total. The summed E-state index contributed by atoms with van der Waals surface area (Å²) in [5.41, 5.74) is 2.22. The molecule has 1 fully saturated rings. The molecule has 164 valence electrons. The van der Waals surface area contributed by atoms with E-state index in [9.17, 15) is 9.59 Å². The number of halogens is 1. The van der Waals surface area contributed by atoms with Crippen LogP contribution in [0, 0.1) is 18.8 Å². The number of piperidine rings is 1. The molecule has 1 aromatic carbocycles. The number of hydrogen-bond acceptors (Lipinski definition) is 3. The first-order valence-corrected chi connectivity index (χ1v) is 10.5. The third-order valence-corrected chi connectivity index (χ3v) is 5.15. The van der Waals surface area contributed by atoms with Gasteiger partial charge in [-0.1, -0.05) is 43.7 Å². The molecule has 2 unspecified atom stereocenters. The minimum atomic E-state index is -0.512. The first-order chi connectivity index (χ1) is 13.4. The Kier molecular flexibility index (Phi) is 11.7. The Morgan fingerprint density at radius 1 is 1.17 bits per heavy atom. The number of nitrogens with one attached hydrogen (secondary N) is 4. The number of hydrogen-bond donors (Lipinski definition) is 4. The predicted octanol–water partition coefficient (Wildman–Crippen LogP) is 3.14. The molecule has 7 heteroatoms. The SMILES string of the molecule is Cc1ccc(CNC(=O)NC(CC(C)C)C(=O)NCCC2CCCNC2)cc1.Cl. The highest BCUT2D eigenvalue weighted by molar-refractivity contribution is 5.87. The Morgan fingerprint density at radius 3 is 2.52 bits per heavy atom. The minimum Gasteiger partial charge on any atom is -0.354 e. The van der Waals surface area contributed by atoms with E-state index in [1.165, 1.54) is 18.4 Å². The topological polar surface area (TPSA) is 82.3 Å². The number of urea groups is 1. The highest BCUT2D eigenvalue weighted by Crippen LogP contribution is 2.13. The average molecular weight is 425 g/mol. The molecule has 1 aromatic rings. The van der Waals surface area contributed by atoms with Gasteiger partial charge in [-0.25, -0.2) is 4.79 Å². The molecule has 1 heterocycles. The quantitative estimate of drug-likeness (QED) is 0.491. The van der Waals surface area contributed by atoms with Crippen molar-refractivity contribution < 1.29 is 9.59 Å². The number of carbonyl (C=O) groups excluding carboxylic acids is 2. The van der Waals surface area contributed by atoms with Gasteiger partial charge in [0.15, 0.2) is 0 Å². The van der Waals surface area contributed by atoms with Crippen LogP contribution < -0.4 is 21.3 Å². The van der Waals surface area contributed by atoms with Crippen molar-refractivity contribution >= 4 is 24.3 Å². The fraction of sp³-hybridized carbons (Fsp3) is 0.636. The van der Waals surface area contributed by atoms with Crippen molar-refractivity contribution in [2.75, 3.05) is 19.6 Å². The fourth-order valence-electron chi connectivity index (χ4n) is 3.49. The lowest BCUT2D eigenvalue weighted by atomic mass is 9.96. The summed E-state index contributed by atoms with van der Waals surface area (Å²) in [5, 5.41) is 12.1. The standard InChI is InChI=1S/C22H36N4O2.ClH/c1-16(2)13-20(21(27)24-12-10-18-5-4-11-23-14-18)26-22(28)25-15-19-8-6-17(3)7-9-19;/h6-9,16,18,20,23H,4-5,10-15H2,1-3H3,(H,24,27)(H2,25,26,28);1H. The van der Waals surface area contributed by atoms with Crippen molar-refractivity contribution in [1.82, 2.24) is 21.3 Å². The van der Waals surface area contributed by atoms with Gasteiger partial charge in [-0.05, 0) is 63.1 Å². The highest BCUT2D eigenvalue weighted by atomic mass is 35.5. The van der Waals surface area contributed by atoms with Crippen LogP contribution >= 0.6 is 12.4 Å². The summed E-state index contributed by atoms with van der Waals surface area (Å²) in [5.74, 6) is 0.849. The zero-order valence-corrected chi connectivity index (χ0v) is 18.7. The van der Waals surface area contributed by atoms with Gasteiger partial charge < -0.3 is 21.3 Å². The maximum absolute atomic E-state index is 12.6. The van der Waals surface area contributed by atoms with Crippen LogP contribution in [0.1, 0.15) is 50.7 Å². The number of carbonyl (C=O) groups is 2. The molecule has 1 saturated heterocycles. The van der Waals surface area contributed by atoms with Crippen LogP contribution in [-0.4, -0.2) is 37.6 Å². The fourth-order valence-corrected chi connectivity index (χ4v) is 3.49. The van der Waals surface area contributed by atoms with Crippen LogP contribution in [0.3, 0.4) is 0 Å². The van der Waals surface area contributed by atoms with Crippen LogP contribution in [-0.2, 0) is 11.3 Å². The highest BCUT2D eigenvalue weighted by Gasteiger charge is 2.22. The van der Waals surface area contributed by atoms with Gasteiger partial charge in [0.1, 0.15) is 6.04 Å². The monoisotopic (exact) mass is 424 g/mol. The summed E-state index contributed by atoms with van der Waals surface area (Å²) in [7, 11) is 0. The molecule has 6 nitrogen and oxygen atoms in total. The maximum Gasteiger partial charge on any atom is 0.315 e. The molecule has 3 amide bonds. The molecule has 0 aromatic heterocycles. The van der Waals surface area contributed by atoms with E-state index < -0.39 is 6.04 Å². The van der Waals surface area contributed by atoms with Gasteiger partial charge in [0, 0.05) is 13.1 Å². The van der Waals surface area contributed by atoms with Crippen molar-refractivity contribution in [2.24, 2.45) is 11.8 Å². The molecule has 2 rings (SSSR count). The molecular formula is C22H37ClN4O2. The van der Waals surface area contributed by atoms with Crippen molar-refractivity contribution in [2.45, 2.75) is 59.0 Å². The van der Waals surface area contributed by atoms with Gasteiger partial charge in [-0.15, -0.1) is 12.4 Å². The average Bonchev–Trinajstić information content (AvgIpc) is 2.67. The molecule has 0 spiro atoms. The summed E-state index contributed by atoms with van der Waals surface area (Å²) >= 11 is 0. The first kappa shape index (κ1) is 25.2. The van der Waals surface area contributed by atoms with Crippen molar-refractivity contribution in [3.05, 3.63) is 35.4 Å². The van der Waals surface area contributed by atoms with E-state index in [0.717, 1.165) is 25.1 Å². The van der Waals surface area contributed by atoms with E-state index in [-0.39, 0.29) is 24.3 Å². The van der Waals surface area contributed by atoms with E-state index in [4.69, 9.17) is 0 Å². The van der Waals surface area contributed by atoms with Crippen molar-refractivity contribution in [3.8, 4) is 0 Å². The molecule has 0 bridgehead atoms. The Balaban J connectivity index is 0.00000420. The van der Waals surface area contributed by atoms with E-state index in [0.29, 0.717) is 31.3 Å². The molecule has 1 aliphatic heterocycles. The van der Waals surface area contributed by atoms with Gasteiger partial charge in [-0.3, -0.25) is 4.79 Å². The van der Waals surface area contributed by atoms with E-state index in [1.807, 2.05) is 31.2 Å². The molecular weight excluding hydrogens is 388 g/mol. The summed E-state index contributed by atoms with van der Waals surface area (Å²) < 4.78 is 0. The lowest BCUT2D eigenvalue weighted by molar-refractivity contribution is -0.123. The molecule has 0 radical (unpaired) electrons. The van der Waals surface area contributed by atoms with Gasteiger partial charge in [0.05, 0.1) is 0 Å². The lowest BCUT2D eigenvalue weighted by Crippen LogP contribution is -2.50. The van der Waals surface area contributed by atoms with E-state index in [1.54, 1.807) is 0 Å². The third-order valence-electron chi connectivity index (χ3n) is 5.15. The van der Waals surface area contributed by atoms with Gasteiger partial charge in [0.25, 0.3) is 0 Å². The van der Waals surface area contributed by atoms with Crippen LogP contribution in [0.25, 0.3) is 0 Å². The Hall–Kier alpha value is -1.79. The second kappa shape index (κ2) is 13.4. The summed E-state index contributed by atoms with van der Waals surface area (Å²) in [4.78, 5) is 24.9. The normalized spacial score (nSPS) is 17.2. The zero-order chi connectivity index (χ0) is 20.4. The minimum absolute atomic E-state index is 0.